The minimum Gasteiger partial charge on any atom is -0.359 e. The van der Waals surface area contributed by atoms with E-state index in [0.29, 0.717) is 0 Å². The lowest BCUT2D eigenvalue weighted by Crippen LogP contribution is -1.88. The molecule has 0 aliphatic heterocycles. The van der Waals surface area contributed by atoms with E-state index in [1.165, 1.54) is 11.3 Å². The molecule has 0 aromatic carbocycles. The Labute approximate surface area is 89.4 Å². The van der Waals surface area contributed by atoms with Crippen molar-refractivity contribution in [2.24, 2.45) is 7.05 Å². The van der Waals surface area contributed by atoms with Gasteiger partial charge < -0.3 is 4.98 Å². The molecule has 0 saturated heterocycles. The van der Waals surface area contributed by atoms with Crippen LogP contribution in [0.3, 0.4) is 0 Å². The number of rotatable bonds is 3. The molecule has 0 spiro atoms. The van der Waals surface area contributed by atoms with Gasteiger partial charge in [-0.25, -0.2) is 0 Å². The third-order valence-corrected chi connectivity index (χ3v) is 2.48. The minimum absolute atomic E-state index is 0.896. The molecule has 0 aliphatic carbocycles. The van der Waals surface area contributed by atoms with Crippen molar-refractivity contribution in [1.82, 2.24) is 14.8 Å². The molecule has 2 aromatic heterocycles. The molecule has 0 atom stereocenters. The molecule has 0 unspecified atom stereocenters. The highest BCUT2D eigenvalue weighted by Gasteiger charge is 2.05. The van der Waals surface area contributed by atoms with Gasteiger partial charge in [-0.15, -0.1) is 0 Å². The van der Waals surface area contributed by atoms with Crippen LogP contribution >= 0.6 is 0 Å². The number of H-pyrrole nitrogens is 1. The molecule has 0 aliphatic rings. The smallest absolute Gasteiger partial charge is 0.0629 e. The van der Waals surface area contributed by atoms with Crippen molar-refractivity contribution in [2.45, 2.75) is 13.3 Å². The van der Waals surface area contributed by atoms with E-state index in [1.54, 1.807) is 0 Å². The Balaban J connectivity index is 2.21. The lowest BCUT2D eigenvalue weighted by atomic mass is 10.1. The monoisotopic (exact) mass is 201 g/mol. The van der Waals surface area contributed by atoms with Gasteiger partial charge in [0.1, 0.15) is 0 Å². The number of nitrogens with zero attached hydrogens (tertiary/aromatic N) is 2. The van der Waals surface area contributed by atoms with Crippen molar-refractivity contribution in [3.63, 3.8) is 0 Å². The van der Waals surface area contributed by atoms with Gasteiger partial charge in [0.2, 0.25) is 0 Å². The van der Waals surface area contributed by atoms with Crippen molar-refractivity contribution >= 4 is 6.08 Å². The van der Waals surface area contributed by atoms with Crippen molar-refractivity contribution < 1.29 is 0 Å². The van der Waals surface area contributed by atoms with Crippen LogP contribution in [0, 0.1) is 6.92 Å². The minimum atomic E-state index is 0.896. The second-order valence-corrected chi connectivity index (χ2v) is 3.73. The molecule has 0 saturated carbocycles. The van der Waals surface area contributed by atoms with Crippen LogP contribution in [0.5, 0.6) is 0 Å². The number of hydrogen-bond acceptors (Lipinski definition) is 1. The summed E-state index contributed by atoms with van der Waals surface area (Å²) in [5.74, 6) is 0. The Morgan fingerprint density at radius 3 is 2.87 bits per heavy atom. The summed E-state index contributed by atoms with van der Waals surface area (Å²) in [7, 11) is 1.94. The fourth-order valence-electron chi connectivity index (χ4n) is 1.71. The van der Waals surface area contributed by atoms with E-state index in [9.17, 15) is 0 Å². The van der Waals surface area contributed by atoms with Gasteiger partial charge in [-0.2, -0.15) is 5.10 Å². The van der Waals surface area contributed by atoms with Gasteiger partial charge in [0.05, 0.1) is 5.69 Å². The fourth-order valence-corrected chi connectivity index (χ4v) is 1.71. The zero-order valence-electron chi connectivity index (χ0n) is 9.12. The van der Waals surface area contributed by atoms with E-state index in [-0.39, 0.29) is 0 Å². The molecule has 0 amide bonds. The van der Waals surface area contributed by atoms with Crippen molar-refractivity contribution in [2.75, 3.05) is 0 Å². The van der Waals surface area contributed by atoms with Gasteiger partial charge in [-0.1, -0.05) is 6.58 Å². The van der Waals surface area contributed by atoms with Crippen LogP contribution in [-0.4, -0.2) is 14.8 Å². The highest BCUT2D eigenvalue weighted by molar-refractivity contribution is 5.43. The van der Waals surface area contributed by atoms with Crippen molar-refractivity contribution in [3.05, 3.63) is 47.6 Å². The molecular weight excluding hydrogens is 186 g/mol. The van der Waals surface area contributed by atoms with Gasteiger partial charge in [0.25, 0.3) is 0 Å². The Morgan fingerprint density at radius 1 is 1.53 bits per heavy atom. The average Bonchev–Trinajstić information content (AvgIpc) is 2.75. The summed E-state index contributed by atoms with van der Waals surface area (Å²) in [6.07, 6.45) is 4.77. The molecule has 2 rings (SSSR count). The number of aryl methyl sites for hydroxylation is 2. The quantitative estimate of drug-likeness (QED) is 0.812. The molecule has 0 bridgehead atoms. The van der Waals surface area contributed by atoms with E-state index in [1.807, 2.05) is 30.8 Å². The summed E-state index contributed by atoms with van der Waals surface area (Å²) in [6, 6.07) is 4.12. The molecule has 78 valence electrons. The first-order valence-corrected chi connectivity index (χ1v) is 4.98. The van der Waals surface area contributed by atoms with Crippen molar-refractivity contribution in [3.8, 4) is 0 Å². The van der Waals surface area contributed by atoms with E-state index < -0.39 is 0 Å². The molecule has 15 heavy (non-hydrogen) atoms. The molecule has 2 aromatic rings. The maximum Gasteiger partial charge on any atom is 0.0629 e. The second-order valence-electron chi connectivity index (χ2n) is 3.73. The molecule has 3 nitrogen and oxygen atoms in total. The predicted octanol–water partition coefficient (Wildman–Crippen LogP) is 2.29. The Morgan fingerprint density at radius 2 is 2.33 bits per heavy atom. The van der Waals surface area contributed by atoms with Crippen LogP contribution in [0.2, 0.25) is 0 Å². The van der Waals surface area contributed by atoms with E-state index >= 15 is 0 Å². The summed E-state index contributed by atoms with van der Waals surface area (Å²) in [5, 5.41) is 4.32. The highest BCUT2D eigenvalue weighted by Crippen LogP contribution is 2.12. The SMILES string of the molecule is C=Cc1ccc(Cc2cn(C)nc2C)[nH]1. The number of aromatic amines is 1. The zero-order valence-corrected chi connectivity index (χ0v) is 9.12. The molecule has 0 radical (unpaired) electrons. The first-order chi connectivity index (χ1) is 7.19. The summed E-state index contributed by atoms with van der Waals surface area (Å²) in [6.45, 7) is 5.76. The Hall–Kier alpha value is -1.77. The lowest BCUT2D eigenvalue weighted by molar-refractivity contribution is 0.756. The van der Waals surface area contributed by atoms with Crippen LogP contribution in [0.1, 0.15) is 22.6 Å². The normalized spacial score (nSPS) is 10.5. The predicted molar refractivity (Wildman–Crippen MR) is 61.6 cm³/mol. The van der Waals surface area contributed by atoms with Crippen LogP contribution in [0.4, 0.5) is 0 Å². The van der Waals surface area contributed by atoms with E-state index in [2.05, 4.69) is 28.9 Å². The molecule has 3 heteroatoms. The van der Waals surface area contributed by atoms with Crippen LogP contribution in [-0.2, 0) is 13.5 Å². The summed E-state index contributed by atoms with van der Waals surface area (Å²) >= 11 is 0. The maximum absolute atomic E-state index is 4.32. The topological polar surface area (TPSA) is 33.6 Å². The fraction of sp³-hybridized carbons (Fsp3) is 0.250. The molecule has 0 fully saturated rings. The van der Waals surface area contributed by atoms with Crippen LogP contribution in [0.25, 0.3) is 6.08 Å². The first-order valence-electron chi connectivity index (χ1n) is 4.98. The van der Waals surface area contributed by atoms with Gasteiger partial charge in [-0.3, -0.25) is 4.68 Å². The third-order valence-electron chi connectivity index (χ3n) is 2.48. The average molecular weight is 201 g/mol. The molecular formula is C12H15N3. The zero-order chi connectivity index (χ0) is 10.8. The third kappa shape index (κ3) is 2.01. The number of nitrogens with one attached hydrogen (secondary N) is 1. The van der Waals surface area contributed by atoms with Gasteiger partial charge in [-0.05, 0) is 30.7 Å². The number of hydrogen-bond donors (Lipinski definition) is 1. The first kappa shape index (κ1) is 9.77. The maximum atomic E-state index is 4.32. The van der Waals surface area contributed by atoms with Gasteiger partial charge in [0.15, 0.2) is 0 Å². The Bertz CT molecular complexity index is 477. The van der Waals surface area contributed by atoms with Gasteiger partial charge in [0, 0.05) is 31.1 Å². The molecule has 2 heterocycles. The Kier molecular flexibility index (Phi) is 2.46. The summed E-state index contributed by atoms with van der Waals surface area (Å²) in [4.78, 5) is 3.29. The highest BCUT2D eigenvalue weighted by atomic mass is 15.2. The van der Waals surface area contributed by atoms with Crippen LogP contribution < -0.4 is 0 Å². The van der Waals surface area contributed by atoms with E-state index in [0.717, 1.165) is 17.8 Å². The second kappa shape index (κ2) is 3.77. The van der Waals surface area contributed by atoms with Gasteiger partial charge >= 0.3 is 0 Å². The summed E-state index contributed by atoms with van der Waals surface area (Å²) in [5.41, 5.74) is 4.61. The van der Waals surface area contributed by atoms with Crippen molar-refractivity contribution in [1.29, 1.82) is 0 Å². The standard InChI is InChI=1S/C12H15N3/c1-4-11-5-6-12(13-11)7-10-8-15(3)14-9(10)2/h4-6,8,13H,1,7H2,2-3H3. The van der Waals surface area contributed by atoms with E-state index in [4.69, 9.17) is 0 Å². The molecule has 1 N–H and O–H groups in total. The largest absolute Gasteiger partial charge is 0.359 e. The lowest BCUT2D eigenvalue weighted by Gasteiger charge is -1.95. The van der Waals surface area contributed by atoms with Crippen LogP contribution in [0.15, 0.2) is 24.9 Å². The summed E-state index contributed by atoms with van der Waals surface area (Å²) < 4.78 is 1.85. The number of aromatic nitrogens is 3.